The smallest absolute Gasteiger partial charge is 0.325 e. The fourth-order valence-electron chi connectivity index (χ4n) is 1.62. The lowest BCUT2D eigenvalue weighted by molar-refractivity contribution is 0.330. The number of rotatable bonds is 5. The molecule has 0 aliphatic rings. The maximum Gasteiger partial charge on any atom is 0.325 e. The molecule has 17 heavy (non-hydrogen) atoms. The first-order chi connectivity index (χ1) is 8.02. The van der Waals surface area contributed by atoms with Crippen molar-refractivity contribution in [2.24, 2.45) is 5.16 Å². The molecule has 0 aromatic carbocycles. The standard InChI is InChI=1S/C13H21N2OSi/c1-10(2)17(11(3)4)16-15-12(5)13-8-6-7-9-14-13/h6-11H,1-5H3. The van der Waals surface area contributed by atoms with Crippen LogP contribution in [0.4, 0.5) is 0 Å². The molecule has 0 saturated heterocycles. The molecule has 0 spiro atoms. The van der Waals surface area contributed by atoms with E-state index < -0.39 is 9.04 Å². The van der Waals surface area contributed by atoms with Crippen molar-refractivity contribution in [3.05, 3.63) is 30.1 Å². The second-order valence-corrected chi connectivity index (χ2v) is 7.99. The van der Waals surface area contributed by atoms with Crippen molar-refractivity contribution < 1.29 is 4.53 Å². The highest BCUT2D eigenvalue weighted by atomic mass is 28.3. The van der Waals surface area contributed by atoms with Crippen molar-refractivity contribution in [1.82, 2.24) is 4.98 Å². The molecule has 4 heteroatoms. The Labute approximate surface area is 106 Å². The van der Waals surface area contributed by atoms with Crippen LogP contribution < -0.4 is 0 Å². The van der Waals surface area contributed by atoms with Crippen LogP contribution in [0.5, 0.6) is 0 Å². The van der Waals surface area contributed by atoms with E-state index in [4.69, 9.17) is 4.53 Å². The summed E-state index contributed by atoms with van der Waals surface area (Å²) >= 11 is 0. The predicted molar refractivity (Wildman–Crippen MR) is 73.5 cm³/mol. The van der Waals surface area contributed by atoms with Gasteiger partial charge in [0.05, 0.1) is 5.69 Å². The van der Waals surface area contributed by atoms with Gasteiger partial charge >= 0.3 is 9.04 Å². The number of oxime groups is 1. The fourth-order valence-corrected chi connectivity index (χ4v) is 3.62. The van der Waals surface area contributed by atoms with Crippen LogP contribution in [0.2, 0.25) is 11.1 Å². The average molecular weight is 249 g/mol. The fraction of sp³-hybridized carbons (Fsp3) is 0.538. The lowest BCUT2D eigenvalue weighted by Gasteiger charge is -2.19. The highest BCUT2D eigenvalue weighted by Crippen LogP contribution is 2.21. The summed E-state index contributed by atoms with van der Waals surface area (Å²) in [5, 5.41) is 4.24. The Hall–Kier alpha value is -1.16. The van der Waals surface area contributed by atoms with Gasteiger partial charge < -0.3 is 4.53 Å². The summed E-state index contributed by atoms with van der Waals surface area (Å²) < 4.78 is 5.73. The second-order valence-electron chi connectivity index (χ2n) is 4.69. The van der Waals surface area contributed by atoms with Crippen LogP contribution in [0.15, 0.2) is 29.6 Å². The van der Waals surface area contributed by atoms with E-state index in [0.717, 1.165) is 11.4 Å². The van der Waals surface area contributed by atoms with Crippen LogP contribution in [0.1, 0.15) is 40.3 Å². The largest absolute Gasteiger partial charge is 0.453 e. The molecule has 0 fully saturated rings. The lowest BCUT2D eigenvalue weighted by atomic mass is 10.3. The van der Waals surface area contributed by atoms with Crippen molar-refractivity contribution in [3.63, 3.8) is 0 Å². The quantitative estimate of drug-likeness (QED) is 0.453. The van der Waals surface area contributed by atoms with E-state index in [1.807, 2.05) is 25.1 Å². The van der Waals surface area contributed by atoms with Gasteiger partial charge in [0.15, 0.2) is 0 Å². The summed E-state index contributed by atoms with van der Waals surface area (Å²) in [7, 11) is -0.896. The molecule has 1 aromatic rings. The molecular formula is C13H21N2OSi. The summed E-state index contributed by atoms with van der Waals surface area (Å²) in [6.07, 6.45) is 1.77. The Bertz CT molecular complexity index is 355. The first kappa shape index (κ1) is 13.9. The van der Waals surface area contributed by atoms with E-state index >= 15 is 0 Å². The predicted octanol–water partition coefficient (Wildman–Crippen LogP) is 3.63. The zero-order valence-electron chi connectivity index (χ0n) is 11.3. The molecule has 0 aliphatic carbocycles. The first-order valence-electron chi connectivity index (χ1n) is 6.02. The number of hydrogen-bond acceptors (Lipinski definition) is 3. The van der Waals surface area contributed by atoms with E-state index in [9.17, 15) is 0 Å². The Morgan fingerprint density at radius 1 is 1.24 bits per heavy atom. The van der Waals surface area contributed by atoms with Gasteiger partial charge in [-0.15, -0.1) is 5.16 Å². The van der Waals surface area contributed by atoms with Gasteiger partial charge in [0.2, 0.25) is 0 Å². The van der Waals surface area contributed by atoms with Crippen molar-refractivity contribution >= 4 is 14.8 Å². The van der Waals surface area contributed by atoms with Crippen LogP contribution >= 0.6 is 0 Å². The molecule has 1 rings (SSSR count). The summed E-state index contributed by atoms with van der Waals surface area (Å²) in [5.41, 5.74) is 2.83. The van der Waals surface area contributed by atoms with Crippen LogP contribution in [-0.2, 0) is 4.53 Å². The number of hydrogen-bond donors (Lipinski definition) is 0. The normalized spacial score (nSPS) is 12.6. The van der Waals surface area contributed by atoms with Crippen molar-refractivity contribution in [2.45, 2.75) is 45.7 Å². The van der Waals surface area contributed by atoms with Gasteiger partial charge in [-0.05, 0) is 30.1 Å². The van der Waals surface area contributed by atoms with E-state index in [1.165, 1.54) is 0 Å². The molecule has 93 valence electrons. The number of aromatic nitrogens is 1. The van der Waals surface area contributed by atoms with E-state index in [0.29, 0.717) is 11.1 Å². The SMILES string of the molecule is CC(=NO[Si](C(C)C)C(C)C)c1ccccn1. The Morgan fingerprint density at radius 2 is 1.88 bits per heavy atom. The van der Waals surface area contributed by atoms with Gasteiger partial charge in [0.25, 0.3) is 0 Å². The molecule has 0 bridgehead atoms. The molecule has 0 amide bonds. The topological polar surface area (TPSA) is 34.5 Å². The van der Waals surface area contributed by atoms with Gasteiger partial charge in [-0.1, -0.05) is 33.8 Å². The highest BCUT2D eigenvalue weighted by Gasteiger charge is 2.24. The maximum atomic E-state index is 5.73. The summed E-state index contributed by atoms with van der Waals surface area (Å²) in [6, 6.07) is 5.80. The minimum absolute atomic E-state index is 0.556. The van der Waals surface area contributed by atoms with Crippen molar-refractivity contribution in [2.75, 3.05) is 0 Å². The molecule has 1 heterocycles. The number of nitrogens with zero attached hydrogens (tertiary/aromatic N) is 2. The molecule has 0 N–H and O–H groups in total. The Morgan fingerprint density at radius 3 is 2.35 bits per heavy atom. The molecular weight excluding hydrogens is 228 g/mol. The molecule has 0 aliphatic heterocycles. The third-order valence-corrected chi connectivity index (χ3v) is 5.04. The maximum absolute atomic E-state index is 5.73. The summed E-state index contributed by atoms with van der Waals surface area (Å²) in [6.45, 7) is 10.7. The minimum atomic E-state index is -0.896. The van der Waals surface area contributed by atoms with E-state index in [1.54, 1.807) is 6.20 Å². The summed E-state index contributed by atoms with van der Waals surface area (Å²) in [4.78, 5) is 4.25. The average Bonchev–Trinajstić information content (AvgIpc) is 2.29. The summed E-state index contributed by atoms with van der Waals surface area (Å²) in [5.74, 6) is 0. The first-order valence-corrected chi connectivity index (χ1v) is 7.58. The molecule has 1 aromatic heterocycles. The van der Waals surface area contributed by atoms with E-state index in [-0.39, 0.29) is 0 Å². The minimum Gasteiger partial charge on any atom is -0.453 e. The van der Waals surface area contributed by atoms with Crippen LogP contribution in [0.25, 0.3) is 0 Å². The number of pyridine rings is 1. The van der Waals surface area contributed by atoms with Crippen LogP contribution in [-0.4, -0.2) is 19.7 Å². The van der Waals surface area contributed by atoms with Gasteiger partial charge in [-0.25, -0.2) is 0 Å². The van der Waals surface area contributed by atoms with Gasteiger partial charge in [-0.3, -0.25) is 4.98 Å². The van der Waals surface area contributed by atoms with Gasteiger partial charge in [0.1, 0.15) is 5.71 Å². The van der Waals surface area contributed by atoms with Crippen LogP contribution in [0.3, 0.4) is 0 Å². The van der Waals surface area contributed by atoms with Crippen LogP contribution in [0, 0.1) is 0 Å². The highest BCUT2D eigenvalue weighted by molar-refractivity contribution is 6.54. The zero-order valence-corrected chi connectivity index (χ0v) is 12.3. The van der Waals surface area contributed by atoms with Gasteiger partial charge in [0, 0.05) is 6.20 Å². The molecule has 1 radical (unpaired) electrons. The van der Waals surface area contributed by atoms with Crippen molar-refractivity contribution in [1.29, 1.82) is 0 Å². The Balaban J connectivity index is 2.70. The zero-order chi connectivity index (χ0) is 12.8. The molecule has 0 saturated carbocycles. The lowest BCUT2D eigenvalue weighted by Crippen LogP contribution is -2.23. The van der Waals surface area contributed by atoms with E-state index in [2.05, 4.69) is 37.8 Å². The van der Waals surface area contributed by atoms with Gasteiger partial charge in [-0.2, -0.15) is 0 Å². The molecule has 0 unspecified atom stereocenters. The third-order valence-electron chi connectivity index (χ3n) is 2.46. The molecule has 0 atom stereocenters. The third kappa shape index (κ3) is 4.30. The molecule has 3 nitrogen and oxygen atoms in total. The Kier molecular flexibility index (Phi) is 5.35. The monoisotopic (exact) mass is 249 g/mol. The second kappa shape index (κ2) is 6.54. The van der Waals surface area contributed by atoms with Crippen molar-refractivity contribution in [3.8, 4) is 0 Å².